The van der Waals surface area contributed by atoms with Gasteiger partial charge in [0, 0.05) is 19.0 Å². The van der Waals surface area contributed by atoms with Gasteiger partial charge in [0.05, 0.1) is 30.0 Å². The summed E-state index contributed by atoms with van der Waals surface area (Å²) in [5.41, 5.74) is 2.50. The summed E-state index contributed by atoms with van der Waals surface area (Å²) in [4.78, 5) is 26.8. The van der Waals surface area contributed by atoms with Crippen LogP contribution in [-0.2, 0) is 24.4 Å². The Hall–Kier alpha value is -2.70. The van der Waals surface area contributed by atoms with Crippen molar-refractivity contribution in [1.29, 1.82) is 0 Å². The number of halogens is 1. The van der Waals surface area contributed by atoms with Crippen LogP contribution in [0.2, 0.25) is 0 Å². The Bertz CT molecular complexity index is 904. The lowest BCUT2D eigenvalue weighted by atomic mass is 9.84. The van der Waals surface area contributed by atoms with Gasteiger partial charge in [-0.05, 0) is 49.9 Å². The quantitative estimate of drug-likeness (QED) is 0.881. The molecule has 1 aromatic heterocycles. The van der Waals surface area contributed by atoms with Gasteiger partial charge in [-0.2, -0.15) is 5.10 Å². The minimum Gasteiger partial charge on any atom is -0.346 e. The maximum absolute atomic E-state index is 14.0. The highest BCUT2D eigenvalue weighted by Gasteiger charge is 2.30. The summed E-state index contributed by atoms with van der Waals surface area (Å²) < 4.78 is 15.9. The lowest BCUT2D eigenvalue weighted by Crippen LogP contribution is -2.38. The van der Waals surface area contributed by atoms with Crippen molar-refractivity contribution in [3.8, 4) is 0 Å². The van der Waals surface area contributed by atoms with Crippen molar-refractivity contribution in [3.05, 3.63) is 52.6 Å². The molecule has 0 atom stereocenters. The molecule has 1 saturated carbocycles. The van der Waals surface area contributed by atoms with Gasteiger partial charge in [0.25, 0.3) is 5.91 Å². The van der Waals surface area contributed by atoms with Gasteiger partial charge in [-0.25, -0.2) is 4.39 Å². The average molecular weight is 384 g/mol. The molecule has 6 nitrogen and oxygen atoms in total. The van der Waals surface area contributed by atoms with E-state index >= 15 is 0 Å². The predicted octanol–water partition coefficient (Wildman–Crippen LogP) is 2.79. The molecule has 2 heterocycles. The van der Waals surface area contributed by atoms with E-state index in [0.29, 0.717) is 12.2 Å². The van der Waals surface area contributed by atoms with Crippen molar-refractivity contribution in [2.75, 3.05) is 6.54 Å². The summed E-state index contributed by atoms with van der Waals surface area (Å²) in [5.74, 6) is -0.533. The first kappa shape index (κ1) is 18.7. The summed E-state index contributed by atoms with van der Waals surface area (Å²) in [6.07, 6.45) is 4.02. The Morgan fingerprint density at radius 2 is 2.04 bits per heavy atom. The molecule has 1 aliphatic carbocycles. The molecule has 0 spiro atoms. The number of hydrogen-bond donors (Lipinski definition) is 1. The third kappa shape index (κ3) is 3.79. The second kappa shape index (κ2) is 7.73. The smallest absolute Gasteiger partial charge is 0.254 e. The van der Waals surface area contributed by atoms with Crippen LogP contribution in [0.1, 0.15) is 53.0 Å². The Balaban J connectivity index is 1.40. The molecule has 2 aromatic rings. The summed E-state index contributed by atoms with van der Waals surface area (Å²) in [5, 5.41) is 7.29. The normalized spacial score (nSPS) is 16.9. The van der Waals surface area contributed by atoms with Crippen molar-refractivity contribution < 1.29 is 14.0 Å². The number of rotatable bonds is 4. The van der Waals surface area contributed by atoms with E-state index in [1.807, 2.05) is 15.6 Å². The van der Waals surface area contributed by atoms with Crippen LogP contribution in [0.15, 0.2) is 24.3 Å². The second-order valence-electron chi connectivity index (χ2n) is 7.76. The van der Waals surface area contributed by atoms with Crippen molar-refractivity contribution in [1.82, 2.24) is 20.0 Å². The number of fused-ring (bicyclic) bond motifs is 1. The number of carbonyl (C=O) groups is 2. The molecule has 0 saturated heterocycles. The Morgan fingerprint density at radius 3 is 2.75 bits per heavy atom. The minimum atomic E-state index is -0.525. The van der Waals surface area contributed by atoms with Crippen LogP contribution in [0.3, 0.4) is 0 Å². The van der Waals surface area contributed by atoms with Gasteiger partial charge in [0.1, 0.15) is 5.82 Å². The van der Waals surface area contributed by atoms with Crippen LogP contribution >= 0.6 is 0 Å². The molecular formula is C21H25FN4O2. The zero-order valence-corrected chi connectivity index (χ0v) is 16.1. The van der Waals surface area contributed by atoms with E-state index in [9.17, 15) is 14.0 Å². The molecule has 1 aliphatic heterocycles. The summed E-state index contributed by atoms with van der Waals surface area (Å²) in [7, 11) is 0. The number of benzene rings is 1. The van der Waals surface area contributed by atoms with Crippen LogP contribution < -0.4 is 5.32 Å². The maximum atomic E-state index is 14.0. The fraction of sp³-hybridized carbons (Fsp3) is 0.476. The van der Waals surface area contributed by atoms with Crippen LogP contribution in [-0.4, -0.2) is 33.0 Å². The molecule has 1 fully saturated rings. The molecule has 4 rings (SSSR count). The van der Waals surface area contributed by atoms with E-state index in [4.69, 9.17) is 0 Å². The van der Waals surface area contributed by atoms with E-state index in [-0.39, 0.29) is 23.9 Å². The van der Waals surface area contributed by atoms with E-state index < -0.39 is 11.7 Å². The van der Waals surface area contributed by atoms with Gasteiger partial charge in [0.2, 0.25) is 5.91 Å². The first-order chi connectivity index (χ1) is 13.5. The number of aromatic nitrogens is 2. The third-order valence-electron chi connectivity index (χ3n) is 5.63. The molecular weight excluding hydrogens is 359 g/mol. The highest BCUT2D eigenvalue weighted by molar-refractivity contribution is 5.94. The lowest BCUT2D eigenvalue weighted by Gasteiger charge is -2.30. The summed E-state index contributed by atoms with van der Waals surface area (Å²) >= 11 is 0. The fourth-order valence-electron chi connectivity index (χ4n) is 3.78. The molecule has 0 bridgehead atoms. The van der Waals surface area contributed by atoms with Crippen LogP contribution in [0, 0.1) is 18.7 Å². The first-order valence-corrected chi connectivity index (χ1v) is 9.90. The minimum absolute atomic E-state index is 0.0312. The highest BCUT2D eigenvalue weighted by atomic mass is 19.1. The van der Waals surface area contributed by atoms with Gasteiger partial charge in [-0.3, -0.25) is 14.3 Å². The largest absolute Gasteiger partial charge is 0.346 e. The number of nitrogens with one attached hydrogen (secondary N) is 1. The van der Waals surface area contributed by atoms with Crippen molar-refractivity contribution in [3.63, 3.8) is 0 Å². The monoisotopic (exact) mass is 384 g/mol. The SMILES string of the molecule is Cc1ccc(C(=O)NCc2cc3n(n2)CCCN(C(=O)C2CCC2)C3)c(F)c1. The highest BCUT2D eigenvalue weighted by Crippen LogP contribution is 2.29. The topological polar surface area (TPSA) is 67.2 Å². The molecule has 0 radical (unpaired) electrons. The number of amides is 2. The van der Waals surface area contributed by atoms with Crippen molar-refractivity contribution in [2.45, 2.75) is 52.2 Å². The number of nitrogens with zero attached hydrogens (tertiary/aromatic N) is 3. The molecule has 1 N–H and O–H groups in total. The predicted molar refractivity (Wildman–Crippen MR) is 102 cm³/mol. The van der Waals surface area contributed by atoms with Gasteiger partial charge >= 0.3 is 0 Å². The molecule has 2 aliphatic rings. The molecule has 28 heavy (non-hydrogen) atoms. The number of carbonyl (C=O) groups excluding carboxylic acids is 2. The molecule has 7 heteroatoms. The molecule has 2 amide bonds. The summed E-state index contributed by atoms with van der Waals surface area (Å²) in [6, 6.07) is 6.48. The van der Waals surface area contributed by atoms with Crippen LogP contribution in [0.4, 0.5) is 4.39 Å². The van der Waals surface area contributed by atoms with E-state index in [0.717, 1.165) is 50.0 Å². The third-order valence-corrected chi connectivity index (χ3v) is 5.63. The van der Waals surface area contributed by atoms with Crippen molar-refractivity contribution >= 4 is 11.8 Å². The van der Waals surface area contributed by atoms with Gasteiger partial charge < -0.3 is 10.2 Å². The van der Waals surface area contributed by atoms with E-state index in [2.05, 4.69) is 10.4 Å². The standard InChI is InChI=1S/C21H25FN4O2/c1-14-6-7-18(19(22)10-14)20(27)23-12-16-11-17-13-25(8-3-9-26(17)24-16)21(28)15-4-2-5-15/h6-7,10-11,15H,2-5,8-9,12-13H2,1H3,(H,23,27). The maximum Gasteiger partial charge on any atom is 0.254 e. The van der Waals surface area contributed by atoms with Gasteiger partial charge in [-0.1, -0.05) is 12.5 Å². The molecule has 0 unspecified atom stereocenters. The van der Waals surface area contributed by atoms with Crippen molar-refractivity contribution in [2.24, 2.45) is 5.92 Å². The van der Waals surface area contributed by atoms with E-state index in [1.165, 1.54) is 12.1 Å². The first-order valence-electron chi connectivity index (χ1n) is 9.90. The Morgan fingerprint density at radius 1 is 1.21 bits per heavy atom. The van der Waals surface area contributed by atoms with Gasteiger partial charge in [0.15, 0.2) is 0 Å². The number of aryl methyl sites for hydroxylation is 2. The van der Waals surface area contributed by atoms with Gasteiger partial charge in [-0.15, -0.1) is 0 Å². The zero-order chi connectivity index (χ0) is 19.7. The molecule has 148 valence electrons. The van der Waals surface area contributed by atoms with E-state index in [1.54, 1.807) is 13.0 Å². The second-order valence-corrected chi connectivity index (χ2v) is 7.76. The Kier molecular flexibility index (Phi) is 5.15. The lowest BCUT2D eigenvalue weighted by molar-refractivity contribution is -0.138. The van der Waals surface area contributed by atoms with Crippen LogP contribution in [0.25, 0.3) is 0 Å². The number of hydrogen-bond acceptors (Lipinski definition) is 3. The Labute approximate surface area is 163 Å². The van der Waals surface area contributed by atoms with Crippen LogP contribution in [0.5, 0.6) is 0 Å². The molecule has 1 aromatic carbocycles. The summed E-state index contributed by atoms with van der Waals surface area (Å²) in [6.45, 7) is 4.08. The zero-order valence-electron chi connectivity index (χ0n) is 16.1. The average Bonchev–Trinajstić information content (AvgIpc) is 2.88. The fourth-order valence-corrected chi connectivity index (χ4v) is 3.78.